The maximum Gasteiger partial charge on any atom is 0.355 e. The van der Waals surface area contributed by atoms with Crippen molar-refractivity contribution >= 4 is 16.7 Å². The van der Waals surface area contributed by atoms with E-state index < -0.39 is 5.63 Å². The quantitative estimate of drug-likeness (QED) is 0.538. The average molecular weight is 239 g/mol. The summed E-state index contributed by atoms with van der Waals surface area (Å²) < 4.78 is 6.19. The van der Waals surface area contributed by atoms with Crippen LogP contribution in [0.25, 0.3) is 16.7 Å². The van der Waals surface area contributed by atoms with Gasteiger partial charge in [0.05, 0.1) is 0 Å². The van der Waals surface area contributed by atoms with Gasteiger partial charge < -0.3 is 4.42 Å². The highest BCUT2D eigenvalue weighted by Gasteiger charge is 2.10. The van der Waals surface area contributed by atoms with E-state index in [-0.39, 0.29) is 22.2 Å². The number of nitrogens with zero attached hydrogens (tertiary/aromatic N) is 3. The van der Waals surface area contributed by atoms with Crippen LogP contribution in [0.2, 0.25) is 0 Å². The van der Waals surface area contributed by atoms with E-state index in [9.17, 15) is 9.59 Å². The van der Waals surface area contributed by atoms with Crippen LogP contribution in [0.15, 0.2) is 44.5 Å². The van der Waals surface area contributed by atoms with Gasteiger partial charge in [0.15, 0.2) is 0 Å². The lowest BCUT2D eigenvalue weighted by Crippen LogP contribution is -2.17. The minimum Gasteiger partial charge on any atom is -0.402 e. The molecule has 3 aromatic heterocycles. The highest BCUT2D eigenvalue weighted by molar-refractivity contribution is 5.75. The molecule has 0 saturated carbocycles. The van der Waals surface area contributed by atoms with Gasteiger partial charge in [0, 0.05) is 6.20 Å². The van der Waals surface area contributed by atoms with E-state index in [0.717, 1.165) is 0 Å². The zero-order valence-electron chi connectivity index (χ0n) is 8.95. The van der Waals surface area contributed by atoms with Crippen LogP contribution in [-0.4, -0.2) is 9.38 Å². The van der Waals surface area contributed by atoms with Gasteiger partial charge in [-0.05, 0) is 18.2 Å². The van der Waals surface area contributed by atoms with Gasteiger partial charge in [0.2, 0.25) is 5.71 Å². The molecule has 0 spiro atoms. The number of fused-ring (bicyclic) bond motifs is 2. The van der Waals surface area contributed by atoms with Crippen molar-refractivity contribution in [3.8, 4) is 6.07 Å². The van der Waals surface area contributed by atoms with Gasteiger partial charge in [-0.2, -0.15) is 10.2 Å². The predicted octanol–water partition coefficient (Wildman–Crippen LogP) is 0.673. The molecule has 0 fully saturated rings. The molecule has 6 nitrogen and oxygen atoms in total. The Balaban J connectivity index is 2.62. The molecule has 0 aromatic carbocycles. The Bertz CT molecular complexity index is 931. The van der Waals surface area contributed by atoms with Crippen LogP contribution in [0.3, 0.4) is 0 Å². The average Bonchev–Trinajstić information content (AvgIpc) is 2.38. The van der Waals surface area contributed by atoms with E-state index in [1.54, 1.807) is 30.5 Å². The fourth-order valence-electron chi connectivity index (χ4n) is 1.71. The molecule has 0 N–H and O–H groups in total. The molecule has 0 aliphatic carbocycles. The Labute approximate surface area is 99.3 Å². The number of nitriles is 1. The lowest BCUT2D eigenvalue weighted by Gasteiger charge is -2.01. The Morgan fingerprint density at radius 2 is 2.17 bits per heavy atom. The van der Waals surface area contributed by atoms with Crippen LogP contribution in [0, 0.1) is 11.3 Å². The fraction of sp³-hybridized carbons (Fsp3) is 0. The smallest absolute Gasteiger partial charge is 0.355 e. The topological polar surface area (TPSA) is 88.4 Å². The van der Waals surface area contributed by atoms with E-state index in [4.69, 9.17) is 9.68 Å². The van der Waals surface area contributed by atoms with Gasteiger partial charge in [0.1, 0.15) is 22.7 Å². The lowest BCUT2D eigenvalue weighted by molar-refractivity contribution is 0.547. The minimum absolute atomic E-state index is 0.0600. The van der Waals surface area contributed by atoms with Gasteiger partial charge in [-0.25, -0.2) is 4.79 Å². The summed E-state index contributed by atoms with van der Waals surface area (Å²) in [6.07, 6.45) is 1.56. The van der Waals surface area contributed by atoms with E-state index in [1.165, 1.54) is 10.5 Å². The summed E-state index contributed by atoms with van der Waals surface area (Å²) in [5.74, 6) is 0. The summed E-state index contributed by atoms with van der Waals surface area (Å²) in [6.45, 7) is 0. The molecule has 0 radical (unpaired) electrons. The van der Waals surface area contributed by atoms with Gasteiger partial charge in [-0.3, -0.25) is 9.20 Å². The van der Waals surface area contributed by atoms with E-state index in [1.807, 2.05) is 0 Å². The standard InChI is InChI=1S/C12H5N3O3/c13-6-7-5-8-10(18-12(7)17)14-9-3-1-2-4-15(9)11(8)16/h1-5H. The van der Waals surface area contributed by atoms with E-state index in [0.29, 0.717) is 5.65 Å². The van der Waals surface area contributed by atoms with E-state index in [2.05, 4.69) is 4.98 Å². The number of pyridine rings is 1. The molecule has 86 valence electrons. The number of aromatic nitrogens is 2. The van der Waals surface area contributed by atoms with E-state index >= 15 is 0 Å². The lowest BCUT2D eigenvalue weighted by atomic mass is 10.2. The van der Waals surface area contributed by atoms with Gasteiger partial charge >= 0.3 is 5.63 Å². The largest absolute Gasteiger partial charge is 0.402 e. The third-order valence-electron chi connectivity index (χ3n) is 2.55. The van der Waals surface area contributed by atoms with Crippen LogP contribution >= 0.6 is 0 Å². The number of rotatable bonds is 0. The Morgan fingerprint density at radius 3 is 2.94 bits per heavy atom. The molecule has 0 bridgehead atoms. The second-order valence-electron chi connectivity index (χ2n) is 3.62. The predicted molar refractivity (Wildman–Crippen MR) is 62.2 cm³/mol. The summed E-state index contributed by atoms with van der Waals surface area (Å²) in [7, 11) is 0. The highest BCUT2D eigenvalue weighted by Crippen LogP contribution is 2.08. The van der Waals surface area contributed by atoms with Crippen LogP contribution in [0.5, 0.6) is 0 Å². The maximum atomic E-state index is 12.1. The monoisotopic (exact) mass is 239 g/mol. The molecule has 0 aliphatic rings. The van der Waals surface area contributed by atoms with Gasteiger partial charge in [-0.1, -0.05) is 6.07 Å². The molecular weight excluding hydrogens is 234 g/mol. The first-order valence-electron chi connectivity index (χ1n) is 5.06. The van der Waals surface area contributed by atoms with Crippen molar-refractivity contribution in [3.63, 3.8) is 0 Å². The van der Waals surface area contributed by atoms with Crippen LogP contribution in [-0.2, 0) is 0 Å². The Hall–Kier alpha value is -2.94. The van der Waals surface area contributed by atoms with Crippen LogP contribution in [0.4, 0.5) is 0 Å². The second-order valence-corrected chi connectivity index (χ2v) is 3.62. The Kier molecular flexibility index (Phi) is 2.01. The third kappa shape index (κ3) is 1.31. The van der Waals surface area contributed by atoms with Crippen molar-refractivity contribution < 1.29 is 4.42 Å². The summed E-state index contributed by atoms with van der Waals surface area (Å²) in [4.78, 5) is 27.6. The van der Waals surface area contributed by atoms with Gasteiger partial charge in [-0.15, -0.1) is 0 Å². The molecule has 0 unspecified atom stereocenters. The molecule has 0 aliphatic heterocycles. The molecule has 18 heavy (non-hydrogen) atoms. The minimum atomic E-state index is -0.794. The second kappa shape index (κ2) is 3.53. The molecule has 3 aromatic rings. The molecule has 0 amide bonds. The Morgan fingerprint density at radius 1 is 1.33 bits per heavy atom. The number of hydrogen-bond acceptors (Lipinski definition) is 5. The van der Waals surface area contributed by atoms with Gasteiger partial charge in [0.25, 0.3) is 5.56 Å². The SMILES string of the molecule is N#Cc1cc2c(=O)n3ccccc3nc2oc1=O. The molecule has 6 heteroatoms. The van der Waals surface area contributed by atoms with Crippen molar-refractivity contribution in [1.29, 1.82) is 5.26 Å². The first-order chi connectivity index (χ1) is 8.70. The normalized spacial score (nSPS) is 10.6. The zero-order chi connectivity index (χ0) is 12.7. The molecule has 3 rings (SSSR count). The third-order valence-corrected chi connectivity index (χ3v) is 2.55. The van der Waals surface area contributed by atoms with Crippen LogP contribution in [0.1, 0.15) is 5.56 Å². The summed E-state index contributed by atoms with van der Waals surface area (Å²) in [5, 5.41) is 8.85. The first kappa shape index (κ1) is 10.2. The molecule has 0 atom stereocenters. The molecule has 0 saturated heterocycles. The zero-order valence-corrected chi connectivity index (χ0v) is 8.95. The molecule has 3 heterocycles. The van der Waals surface area contributed by atoms with Crippen molar-refractivity contribution in [3.05, 3.63) is 56.8 Å². The fourth-order valence-corrected chi connectivity index (χ4v) is 1.71. The summed E-state index contributed by atoms with van der Waals surface area (Å²) in [6, 6.07) is 7.91. The summed E-state index contributed by atoms with van der Waals surface area (Å²) in [5.41, 5.74) is -1.07. The van der Waals surface area contributed by atoms with Crippen molar-refractivity contribution in [2.75, 3.05) is 0 Å². The van der Waals surface area contributed by atoms with Crippen molar-refractivity contribution in [1.82, 2.24) is 9.38 Å². The van der Waals surface area contributed by atoms with Crippen molar-refractivity contribution in [2.45, 2.75) is 0 Å². The number of hydrogen-bond donors (Lipinski definition) is 0. The first-order valence-corrected chi connectivity index (χ1v) is 5.06. The van der Waals surface area contributed by atoms with Crippen molar-refractivity contribution in [2.24, 2.45) is 0 Å². The highest BCUT2D eigenvalue weighted by atomic mass is 16.4. The molecular formula is C12H5N3O3. The summed E-state index contributed by atoms with van der Waals surface area (Å²) >= 11 is 0. The van der Waals surface area contributed by atoms with Crippen LogP contribution < -0.4 is 11.2 Å². The maximum absolute atomic E-state index is 12.1.